The van der Waals surface area contributed by atoms with E-state index in [1.54, 1.807) is 12.4 Å². The Morgan fingerprint density at radius 1 is 1.25 bits per heavy atom. The molecule has 20 heavy (non-hydrogen) atoms. The number of aryl methyl sites for hydroxylation is 1. The van der Waals surface area contributed by atoms with Crippen molar-refractivity contribution >= 4 is 5.82 Å². The molecule has 3 heterocycles. The van der Waals surface area contributed by atoms with Crippen LogP contribution in [0.25, 0.3) is 0 Å². The largest absolute Gasteiger partial charge is 0.487 e. The molecule has 3 rings (SSSR count). The normalized spacial score (nSPS) is 14.5. The first-order valence-electron chi connectivity index (χ1n) is 6.31. The summed E-state index contributed by atoms with van der Waals surface area (Å²) in [5, 5.41) is 9.00. The Morgan fingerprint density at radius 3 is 2.80 bits per heavy atom. The predicted molar refractivity (Wildman–Crippen MR) is 72.4 cm³/mol. The topological polar surface area (TPSA) is 74.9 Å². The molecule has 100 valence electrons. The van der Waals surface area contributed by atoms with Crippen molar-refractivity contribution in [1.82, 2.24) is 15.0 Å². The molecule has 0 saturated carbocycles. The number of nitriles is 1. The third-order valence-corrected chi connectivity index (χ3v) is 3.10. The Balaban J connectivity index is 1.63. The van der Waals surface area contributed by atoms with Crippen LogP contribution >= 0.6 is 0 Å². The lowest BCUT2D eigenvalue weighted by Crippen LogP contribution is -2.54. The molecule has 6 nitrogen and oxygen atoms in total. The number of nitrogens with zero attached hydrogens (tertiary/aromatic N) is 5. The van der Waals surface area contributed by atoms with Gasteiger partial charge in [-0.25, -0.2) is 9.97 Å². The molecule has 0 N–H and O–H groups in total. The molecule has 2 aromatic heterocycles. The molecule has 0 aromatic carbocycles. The van der Waals surface area contributed by atoms with Gasteiger partial charge < -0.3 is 9.64 Å². The van der Waals surface area contributed by atoms with Gasteiger partial charge in [0.1, 0.15) is 17.9 Å². The number of hydrogen-bond donors (Lipinski definition) is 0. The average Bonchev–Trinajstić information content (AvgIpc) is 2.42. The van der Waals surface area contributed by atoms with Gasteiger partial charge in [-0.15, -0.1) is 0 Å². The molecule has 1 aliphatic heterocycles. The van der Waals surface area contributed by atoms with Crippen LogP contribution < -0.4 is 9.64 Å². The van der Waals surface area contributed by atoms with Crippen LogP contribution in [0, 0.1) is 18.3 Å². The monoisotopic (exact) mass is 267 g/mol. The second-order valence-corrected chi connectivity index (χ2v) is 4.62. The highest BCUT2D eigenvalue weighted by Gasteiger charge is 2.31. The smallest absolute Gasteiger partial charge is 0.183 e. The maximum absolute atomic E-state index is 9.00. The summed E-state index contributed by atoms with van der Waals surface area (Å²) in [5.74, 6) is 1.45. The third kappa shape index (κ3) is 2.38. The highest BCUT2D eigenvalue weighted by molar-refractivity contribution is 5.51. The minimum atomic E-state index is 0.102. The summed E-state index contributed by atoms with van der Waals surface area (Å²) in [6, 6.07) is 5.81. The zero-order chi connectivity index (χ0) is 13.9. The molecule has 0 radical (unpaired) electrons. The highest BCUT2D eigenvalue weighted by atomic mass is 16.5. The molecular weight excluding hydrogens is 254 g/mol. The fraction of sp³-hybridized carbons (Fsp3) is 0.286. The number of rotatable bonds is 3. The maximum Gasteiger partial charge on any atom is 0.183 e. The first-order valence-corrected chi connectivity index (χ1v) is 6.31. The fourth-order valence-electron chi connectivity index (χ4n) is 2.11. The highest BCUT2D eigenvalue weighted by Crippen LogP contribution is 2.24. The summed E-state index contributed by atoms with van der Waals surface area (Å²) >= 11 is 0. The van der Waals surface area contributed by atoms with Gasteiger partial charge in [0.15, 0.2) is 11.5 Å². The van der Waals surface area contributed by atoms with Crippen molar-refractivity contribution in [3.8, 4) is 11.8 Å². The molecule has 0 amide bonds. The van der Waals surface area contributed by atoms with Gasteiger partial charge in [0, 0.05) is 30.4 Å². The van der Waals surface area contributed by atoms with E-state index in [1.807, 2.05) is 24.0 Å². The van der Waals surface area contributed by atoms with Gasteiger partial charge in [0.2, 0.25) is 0 Å². The molecule has 1 saturated heterocycles. The van der Waals surface area contributed by atoms with E-state index >= 15 is 0 Å². The first kappa shape index (κ1) is 12.4. The molecule has 0 bridgehead atoms. The molecule has 1 aliphatic rings. The van der Waals surface area contributed by atoms with Crippen LogP contribution in [-0.4, -0.2) is 34.1 Å². The minimum Gasteiger partial charge on any atom is -0.487 e. The molecule has 0 aliphatic carbocycles. The lowest BCUT2D eigenvalue weighted by molar-refractivity contribution is 0.166. The third-order valence-electron chi connectivity index (χ3n) is 3.10. The van der Waals surface area contributed by atoms with Gasteiger partial charge in [-0.05, 0) is 13.0 Å². The quantitative estimate of drug-likeness (QED) is 0.835. The summed E-state index contributed by atoms with van der Waals surface area (Å²) in [6.45, 7) is 3.34. The van der Waals surface area contributed by atoms with Crippen LogP contribution in [0.5, 0.6) is 5.75 Å². The van der Waals surface area contributed by atoms with Crippen molar-refractivity contribution in [3.63, 3.8) is 0 Å². The Labute approximate surface area is 116 Å². The van der Waals surface area contributed by atoms with Crippen LogP contribution in [0.1, 0.15) is 11.4 Å². The van der Waals surface area contributed by atoms with Gasteiger partial charge in [0.05, 0.1) is 13.1 Å². The lowest BCUT2D eigenvalue weighted by atomic mass is 10.1. The molecule has 2 aromatic rings. The number of hydrogen-bond acceptors (Lipinski definition) is 6. The standard InChI is InChI=1S/C14H13N5O/c1-10-6-11(2-3-16-10)20-12-8-19(9-12)14-13(7-15)17-4-5-18-14/h2-6,12H,8-9H2,1H3. The van der Waals surface area contributed by atoms with Crippen molar-refractivity contribution in [2.75, 3.05) is 18.0 Å². The Hall–Kier alpha value is -2.68. The van der Waals surface area contributed by atoms with E-state index in [2.05, 4.69) is 21.0 Å². The van der Waals surface area contributed by atoms with E-state index in [1.165, 1.54) is 6.20 Å². The van der Waals surface area contributed by atoms with Crippen LogP contribution in [0.15, 0.2) is 30.7 Å². The van der Waals surface area contributed by atoms with Gasteiger partial charge in [-0.1, -0.05) is 0 Å². The summed E-state index contributed by atoms with van der Waals surface area (Å²) in [7, 11) is 0. The van der Waals surface area contributed by atoms with E-state index in [9.17, 15) is 0 Å². The average molecular weight is 267 g/mol. The van der Waals surface area contributed by atoms with Crippen molar-refractivity contribution in [1.29, 1.82) is 5.26 Å². The molecule has 0 atom stereocenters. The van der Waals surface area contributed by atoms with Crippen LogP contribution in [0.3, 0.4) is 0 Å². The Bertz CT molecular complexity index is 661. The van der Waals surface area contributed by atoms with Crippen LogP contribution in [0.2, 0.25) is 0 Å². The van der Waals surface area contributed by atoms with Gasteiger partial charge in [-0.3, -0.25) is 4.98 Å². The van der Waals surface area contributed by atoms with Gasteiger partial charge in [0.25, 0.3) is 0 Å². The van der Waals surface area contributed by atoms with E-state index < -0.39 is 0 Å². The minimum absolute atomic E-state index is 0.102. The van der Waals surface area contributed by atoms with Gasteiger partial charge >= 0.3 is 0 Å². The van der Waals surface area contributed by atoms with Crippen molar-refractivity contribution in [2.24, 2.45) is 0 Å². The maximum atomic E-state index is 9.00. The number of anilines is 1. The SMILES string of the molecule is Cc1cc(OC2CN(c3nccnc3C#N)C2)ccn1. The van der Waals surface area contributed by atoms with E-state index in [4.69, 9.17) is 10.00 Å². The second kappa shape index (κ2) is 5.13. The van der Waals surface area contributed by atoms with E-state index in [0.29, 0.717) is 24.6 Å². The predicted octanol–water partition coefficient (Wildman–Crippen LogP) is 1.32. The van der Waals surface area contributed by atoms with Gasteiger partial charge in [-0.2, -0.15) is 5.26 Å². The molecule has 1 fully saturated rings. The first-order chi connectivity index (χ1) is 9.76. The van der Waals surface area contributed by atoms with Crippen molar-refractivity contribution in [2.45, 2.75) is 13.0 Å². The fourth-order valence-corrected chi connectivity index (χ4v) is 2.11. The summed E-state index contributed by atoms with van der Waals surface area (Å²) in [6.07, 6.45) is 4.95. The zero-order valence-corrected chi connectivity index (χ0v) is 11.0. The zero-order valence-electron chi connectivity index (χ0n) is 11.0. The number of aromatic nitrogens is 3. The Kier molecular flexibility index (Phi) is 3.17. The van der Waals surface area contributed by atoms with E-state index in [-0.39, 0.29) is 6.10 Å². The summed E-state index contributed by atoms with van der Waals surface area (Å²) in [4.78, 5) is 14.3. The second-order valence-electron chi connectivity index (χ2n) is 4.62. The number of ether oxygens (including phenoxy) is 1. The van der Waals surface area contributed by atoms with Crippen LogP contribution in [0.4, 0.5) is 5.82 Å². The Morgan fingerprint density at radius 2 is 2.05 bits per heavy atom. The molecule has 6 heteroatoms. The van der Waals surface area contributed by atoms with Crippen LogP contribution in [-0.2, 0) is 0 Å². The lowest BCUT2D eigenvalue weighted by Gasteiger charge is -2.39. The van der Waals surface area contributed by atoms with Crippen molar-refractivity contribution in [3.05, 3.63) is 42.1 Å². The van der Waals surface area contributed by atoms with E-state index in [0.717, 1.165) is 11.4 Å². The number of pyridine rings is 1. The molecule has 0 spiro atoms. The summed E-state index contributed by atoms with van der Waals surface area (Å²) in [5.41, 5.74) is 1.28. The van der Waals surface area contributed by atoms with Crippen molar-refractivity contribution < 1.29 is 4.74 Å². The molecular formula is C14H13N5O. The summed E-state index contributed by atoms with van der Waals surface area (Å²) < 4.78 is 5.84. The molecule has 0 unspecified atom stereocenters.